The molecule has 1 fully saturated rings. The van der Waals surface area contributed by atoms with Crippen molar-refractivity contribution in [1.82, 2.24) is 4.90 Å². The summed E-state index contributed by atoms with van der Waals surface area (Å²) in [4.78, 5) is 15.8. The van der Waals surface area contributed by atoms with Gasteiger partial charge in [0, 0.05) is 18.0 Å². The Hall–Kier alpha value is -1.85. The van der Waals surface area contributed by atoms with Crippen molar-refractivity contribution in [2.75, 3.05) is 19.8 Å². The molecule has 1 aliphatic rings. The molecule has 0 bridgehead atoms. The number of nitrogens with zero attached hydrogens (tertiary/aromatic N) is 1. The predicted molar refractivity (Wildman–Crippen MR) is 95.4 cm³/mol. The Balaban J connectivity index is 1.63. The van der Waals surface area contributed by atoms with Crippen LogP contribution < -0.4 is 4.74 Å². The summed E-state index contributed by atoms with van der Waals surface area (Å²) in [6, 6.07) is 11.5. The minimum absolute atomic E-state index is 0.00199. The van der Waals surface area contributed by atoms with Gasteiger partial charge in [0.25, 0.3) is 5.91 Å². The van der Waals surface area contributed by atoms with Crippen LogP contribution in [0.5, 0.6) is 5.75 Å². The first kappa shape index (κ1) is 17.0. The first-order valence-corrected chi connectivity index (χ1v) is 9.20. The van der Waals surface area contributed by atoms with Crippen LogP contribution >= 0.6 is 11.3 Å². The smallest absolute Gasteiger partial charge is 0.260 e. The molecule has 3 rings (SSSR count). The van der Waals surface area contributed by atoms with Gasteiger partial charge in [0.1, 0.15) is 5.75 Å². The highest BCUT2D eigenvalue weighted by Gasteiger charge is 2.23. The third-order valence-electron chi connectivity index (χ3n) is 4.21. The maximum absolute atomic E-state index is 12.7. The molecule has 0 spiro atoms. The molecule has 1 amide bonds. The molecule has 0 aliphatic carbocycles. The molecule has 1 saturated heterocycles. The largest absolute Gasteiger partial charge is 0.484 e. The third kappa shape index (κ3) is 4.58. The summed E-state index contributed by atoms with van der Waals surface area (Å²) >= 11 is 1.69. The van der Waals surface area contributed by atoms with Crippen LogP contribution in [-0.4, -0.2) is 36.7 Å². The van der Waals surface area contributed by atoms with Crippen LogP contribution in [0.15, 0.2) is 41.8 Å². The molecule has 128 valence electrons. The highest BCUT2D eigenvalue weighted by molar-refractivity contribution is 7.10. The van der Waals surface area contributed by atoms with Gasteiger partial charge < -0.3 is 14.4 Å². The molecule has 4 nitrogen and oxygen atoms in total. The lowest BCUT2D eigenvalue weighted by Crippen LogP contribution is -2.39. The van der Waals surface area contributed by atoms with Crippen LogP contribution in [-0.2, 0) is 16.1 Å². The molecule has 5 heteroatoms. The van der Waals surface area contributed by atoms with Gasteiger partial charge in [0.15, 0.2) is 6.61 Å². The number of benzene rings is 1. The standard InChI is InChI=1S/C19H23NO3S/c1-15-9-11-24-18(15)13-20(12-17-8-5-10-22-17)19(21)14-23-16-6-3-2-4-7-16/h2-4,6-7,9,11,17H,5,8,10,12-14H2,1H3/t17-/m1/s1. The van der Waals surface area contributed by atoms with Crippen LogP contribution in [0, 0.1) is 6.92 Å². The average molecular weight is 345 g/mol. The van der Waals surface area contributed by atoms with Gasteiger partial charge in [0.05, 0.1) is 12.6 Å². The Morgan fingerprint density at radius 2 is 2.17 bits per heavy atom. The van der Waals surface area contributed by atoms with Crippen LogP contribution in [0.3, 0.4) is 0 Å². The summed E-state index contributed by atoms with van der Waals surface area (Å²) in [5.74, 6) is 0.720. The molecule has 0 saturated carbocycles. The zero-order chi connectivity index (χ0) is 16.8. The van der Waals surface area contributed by atoms with E-state index >= 15 is 0 Å². The number of hydrogen-bond acceptors (Lipinski definition) is 4. The molecule has 1 aromatic heterocycles. The van der Waals surface area contributed by atoms with E-state index < -0.39 is 0 Å². The number of carbonyl (C=O) groups is 1. The van der Waals surface area contributed by atoms with Gasteiger partial charge in [-0.25, -0.2) is 0 Å². The molecule has 0 N–H and O–H groups in total. The number of rotatable bonds is 7. The van der Waals surface area contributed by atoms with Crippen molar-refractivity contribution in [1.29, 1.82) is 0 Å². The van der Waals surface area contributed by atoms with Crippen molar-refractivity contribution in [2.45, 2.75) is 32.4 Å². The Labute approximate surface area is 147 Å². The van der Waals surface area contributed by atoms with Crippen LogP contribution in [0.2, 0.25) is 0 Å². The van der Waals surface area contributed by atoms with Gasteiger partial charge in [-0.05, 0) is 48.9 Å². The van der Waals surface area contributed by atoms with Gasteiger partial charge in [-0.3, -0.25) is 4.79 Å². The van der Waals surface area contributed by atoms with E-state index in [0.717, 1.165) is 25.2 Å². The highest BCUT2D eigenvalue weighted by Crippen LogP contribution is 2.20. The topological polar surface area (TPSA) is 38.8 Å². The number of hydrogen-bond donors (Lipinski definition) is 0. The van der Waals surface area contributed by atoms with Crippen molar-refractivity contribution >= 4 is 17.2 Å². The number of amides is 1. The van der Waals surface area contributed by atoms with Crippen molar-refractivity contribution in [3.05, 3.63) is 52.2 Å². The highest BCUT2D eigenvalue weighted by atomic mass is 32.1. The molecule has 1 aromatic carbocycles. The lowest BCUT2D eigenvalue weighted by molar-refractivity contribution is -0.135. The van der Waals surface area contributed by atoms with E-state index in [9.17, 15) is 4.79 Å². The lowest BCUT2D eigenvalue weighted by atomic mass is 10.2. The predicted octanol–water partition coefficient (Wildman–Crippen LogP) is 3.64. The second kappa shape index (κ2) is 8.31. The lowest BCUT2D eigenvalue weighted by Gasteiger charge is -2.25. The summed E-state index contributed by atoms with van der Waals surface area (Å²) in [7, 11) is 0. The summed E-state index contributed by atoms with van der Waals surface area (Å²) in [6.07, 6.45) is 2.24. The molecule has 2 aromatic rings. The van der Waals surface area contributed by atoms with Gasteiger partial charge >= 0.3 is 0 Å². The number of aryl methyl sites for hydroxylation is 1. The normalized spacial score (nSPS) is 17.0. The van der Waals surface area contributed by atoms with Gasteiger partial charge in [-0.1, -0.05) is 18.2 Å². The van der Waals surface area contributed by atoms with E-state index in [1.807, 2.05) is 35.2 Å². The monoisotopic (exact) mass is 345 g/mol. The number of thiophene rings is 1. The fraction of sp³-hybridized carbons (Fsp3) is 0.421. The number of para-hydroxylation sites is 1. The summed E-state index contributed by atoms with van der Waals surface area (Å²) in [6.45, 7) is 4.20. The molecule has 1 aliphatic heterocycles. The second-order valence-corrected chi connectivity index (χ2v) is 7.04. The zero-order valence-corrected chi connectivity index (χ0v) is 14.8. The maximum atomic E-state index is 12.7. The van der Waals surface area contributed by atoms with E-state index in [0.29, 0.717) is 13.1 Å². The van der Waals surface area contributed by atoms with E-state index in [1.165, 1.54) is 10.4 Å². The third-order valence-corrected chi connectivity index (χ3v) is 5.22. The van der Waals surface area contributed by atoms with Gasteiger partial charge in [-0.2, -0.15) is 0 Å². The minimum atomic E-state index is 0.00199. The van der Waals surface area contributed by atoms with Gasteiger partial charge in [-0.15, -0.1) is 11.3 Å². The van der Waals surface area contributed by atoms with E-state index in [4.69, 9.17) is 9.47 Å². The number of carbonyl (C=O) groups excluding carboxylic acids is 1. The number of ether oxygens (including phenoxy) is 2. The first-order chi connectivity index (χ1) is 11.7. The fourth-order valence-corrected chi connectivity index (χ4v) is 3.70. The Morgan fingerprint density at radius 3 is 2.83 bits per heavy atom. The van der Waals surface area contributed by atoms with Crippen molar-refractivity contribution in [2.24, 2.45) is 0 Å². The van der Waals surface area contributed by atoms with E-state index in [1.54, 1.807) is 11.3 Å². The maximum Gasteiger partial charge on any atom is 0.260 e. The van der Waals surface area contributed by atoms with Crippen LogP contribution in [0.25, 0.3) is 0 Å². The second-order valence-electron chi connectivity index (χ2n) is 6.04. The molecular formula is C19H23NO3S. The molecule has 0 unspecified atom stereocenters. The Kier molecular flexibility index (Phi) is 5.88. The molecule has 0 radical (unpaired) electrons. The summed E-state index contributed by atoms with van der Waals surface area (Å²) in [5.41, 5.74) is 1.23. The zero-order valence-electron chi connectivity index (χ0n) is 13.9. The minimum Gasteiger partial charge on any atom is -0.484 e. The fourth-order valence-electron chi connectivity index (χ4n) is 2.78. The van der Waals surface area contributed by atoms with Crippen molar-refractivity contribution < 1.29 is 14.3 Å². The van der Waals surface area contributed by atoms with E-state index in [-0.39, 0.29) is 18.6 Å². The van der Waals surface area contributed by atoms with Crippen molar-refractivity contribution in [3.63, 3.8) is 0 Å². The molecule has 1 atom stereocenters. The quantitative estimate of drug-likeness (QED) is 0.769. The Bertz CT molecular complexity index is 650. The van der Waals surface area contributed by atoms with E-state index in [2.05, 4.69) is 18.4 Å². The Morgan fingerprint density at radius 1 is 1.33 bits per heavy atom. The SMILES string of the molecule is Cc1ccsc1CN(C[C@H]1CCCO1)C(=O)COc1ccccc1. The van der Waals surface area contributed by atoms with Crippen molar-refractivity contribution in [3.8, 4) is 5.75 Å². The summed E-state index contributed by atoms with van der Waals surface area (Å²) < 4.78 is 11.3. The molecule has 24 heavy (non-hydrogen) atoms. The summed E-state index contributed by atoms with van der Waals surface area (Å²) in [5, 5.41) is 2.07. The molecular weight excluding hydrogens is 322 g/mol. The average Bonchev–Trinajstić information content (AvgIpc) is 3.25. The van der Waals surface area contributed by atoms with Crippen LogP contribution in [0.1, 0.15) is 23.3 Å². The van der Waals surface area contributed by atoms with Crippen LogP contribution in [0.4, 0.5) is 0 Å². The van der Waals surface area contributed by atoms with Gasteiger partial charge in [0.2, 0.25) is 0 Å². The molecule has 2 heterocycles. The first-order valence-electron chi connectivity index (χ1n) is 8.32.